The fraction of sp³-hybridized carbons (Fsp3) is 0.227. The van der Waals surface area contributed by atoms with Crippen LogP contribution in [0.15, 0.2) is 52.7 Å². The Bertz CT molecular complexity index is 1460. The monoisotopic (exact) mass is 608 g/mol. The van der Waals surface area contributed by atoms with Gasteiger partial charge in [-0.25, -0.2) is 13.2 Å². The smallest absolute Gasteiger partial charge is 0.475 e. The van der Waals surface area contributed by atoms with Gasteiger partial charge < -0.3 is 15.7 Å². The Hall–Kier alpha value is -2.98. The lowest BCUT2D eigenvalue weighted by Gasteiger charge is -2.17. The summed E-state index contributed by atoms with van der Waals surface area (Å²) in [5.74, 6) is -3.06. The van der Waals surface area contributed by atoms with E-state index in [1.54, 1.807) is 41.3 Å². The van der Waals surface area contributed by atoms with Crippen molar-refractivity contribution in [1.29, 1.82) is 5.41 Å². The highest BCUT2D eigenvalue weighted by Gasteiger charge is 2.38. The van der Waals surface area contributed by atoms with E-state index in [0.717, 1.165) is 26.7 Å². The number of nitrogens with zero attached hydrogens (tertiary/aromatic N) is 1. The minimum Gasteiger partial charge on any atom is -0.475 e. The van der Waals surface area contributed by atoms with Crippen LogP contribution in [0, 0.1) is 5.41 Å². The van der Waals surface area contributed by atoms with Gasteiger partial charge in [-0.15, -0.1) is 22.7 Å². The van der Waals surface area contributed by atoms with Crippen molar-refractivity contribution < 1.29 is 36.3 Å². The molecule has 2 aromatic heterocycles. The first-order valence-electron chi connectivity index (χ1n) is 10.6. The van der Waals surface area contributed by atoms with Crippen molar-refractivity contribution in [2.75, 3.05) is 6.54 Å². The van der Waals surface area contributed by atoms with Crippen molar-refractivity contribution in [2.45, 2.75) is 29.4 Å². The number of sulfonamides is 1. The van der Waals surface area contributed by atoms with Crippen molar-refractivity contribution in [3.8, 4) is 9.75 Å². The molecule has 1 atom stereocenters. The fourth-order valence-electron chi connectivity index (χ4n) is 3.35. The summed E-state index contributed by atoms with van der Waals surface area (Å²) in [6.07, 6.45) is -4.69. The fourth-order valence-corrected chi connectivity index (χ4v) is 7.03. The normalized spacial score (nSPS) is 15.7. The number of rotatable bonds is 7. The number of carboxylic acid groups (broad SMARTS) is 1. The molecule has 0 aliphatic carbocycles. The van der Waals surface area contributed by atoms with Crippen molar-refractivity contribution >= 4 is 62.0 Å². The molecule has 0 unspecified atom stereocenters. The molecule has 3 heterocycles. The van der Waals surface area contributed by atoms with Gasteiger partial charge in [0.05, 0.1) is 4.34 Å². The van der Waals surface area contributed by atoms with Gasteiger partial charge in [-0.1, -0.05) is 29.8 Å². The number of aliphatic carboxylic acids is 1. The summed E-state index contributed by atoms with van der Waals surface area (Å²) in [5, 5.41) is 14.7. The van der Waals surface area contributed by atoms with Crippen molar-refractivity contribution in [3.05, 3.63) is 64.0 Å². The van der Waals surface area contributed by atoms with Crippen LogP contribution >= 0.6 is 34.3 Å². The minimum atomic E-state index is -5.08. The molecule has 16 heteroatoms. The van der Waals surface area contributed by atoms with Gasteiger partial charge in [0.1, 0.15) is 16.1 Å². The minimum absolute atomic E-state index is 0.0413. The summed E-state index contributed by atoms with van der Waals surface area (Å²) in [5.41, 5.74) is 6.95. The number of nitrogens with two attached hydrogens (primary N) is 1. The van der Waals surface area contributed by atoms with Crippen LogP contribution in [0.4, 0.5) is 13.2 Å². The average Bonchev–Trinajstić information content (AvgIpc) is 3.56. The third kappa shape index (κ3) is 7.54. The second kappa shape index (κ2) is 11.8. The molecule has 38 heavy (non-hydrogen) atoms. The molecule has 0 bridgehead atoms. The van der Waals surface area contributed by atoms with Gasteiger partial charge in [0.15, 0.2) is 0 Å². The number of amides is 1. The number of benzene rings is 1. The lowest BCUT2D eigenvalue weighted by atomic mass is 10.1. The number of halogens is 4. The zero-order chi connectivity index (χ0) is 28.3. The zero-order valence-corrected chi connectivity index (χ0v) is 22.4. The topological polar surface area (TPSA) is 154 Å². The van der Waals surface area contributed by atoms with Crippen molar-refractivity contribution in [3.63, 3.8) is 0 Å². The number of amidine groups is 1. The number of nitrogens with one attached hydrogen (secondary N) is 2. The quantitative estimate of drug-likeness (QED) is 0.234. The number of likely N-dealkylation sites (tertiary alicyclic amines) is 1. The lowest BCUT2D eigenvalue weighted by molar-refractivity contribution is -0.192. The molecule has 3 aromatic rings. The Kier molecular flexibility index (Phi) is 9.20. The number of hydrogen-bond acceptors (Lipinski definition) is 7. The number of alkyl halides is 3. The molecule has 4 rings (SSSR count). The maximum Gasteiger partial charge on any atom is 0.490 e. The van der Waals surface area contributed by atoms with E-state index in [1.807, 2.05) is 12.1 Å². The second-order valence-electron chi connectivity index (χ2n) is 7.86. The summed E-state index contributed by atoms with van der Waals surface area (Å²) in [4.78, 5) is 25.0. The van der Waals surface area contributed by atoms with Gasteiger partial charge in [-0.2, -0.15) is 17.9 Å². The molecule has 1 saturated heterocycles. The predicted molar refractivity (Wildman–Crippen MR) is 138 cm³/mol. The van der Waals surface area contributed by atoms with E-state index in [1.165, 1.54) is 11.3 Å². The zero-order valence-electron chi connectivity index (χ0n) is 19.2. The van der Waals surface area contributed by atoms with Crippen LogP contribution in [0.1, 0.15) is 17.5 Å². The maximum absolute atomic E-state index is 12.8. The van der Waals surface area contributed by atoms with Crippen LogP contribution in [0.25, 0.3) is 9.75 Å². The average molecular weight is 609 g/mol. The number of thiophene rings is 2. The van der Waals surface area contributed by atoms with Crippen molar-refractivity contribution in [1.82, 2.24) is 9.62 Å². The molecular weight excluding hydrogens is 589 g/mol. The first-order chi connectivity index (χ1) is 17.7. The van der Waals surface area contributed by atoms with Crippen LogP contribution < -0.4 is 10.5 Å². The lowest BCUT2D eigenvalue weighted by Crippen LogP contribution is -2.41. The molecule has 0 saturated carbocycles. The second-order valence-corrected chi connectivity index (χ2v) is 12.6. The Labute approximate surface area is 228 Å². The summed E-state index contributed by atoms with van der Waals surface area (Å²) in [6.45, 7) is 0.778. The maximum atomic E-state index is 12.8. The van der Waals surface area contributed by atoms with E-state index < -0.39 is 28.2 Å². The van der Waals surface area contributed by atoms with E-state index in [4.69, 9.17) is 32.6 Å². The van der Waals surface area contributed by atoms with E-state index in [2.05, 4.69) is 4.72 Å². The van der Waals surface area contributed by atoms with Gasteiger partial charge in [0.25, 0.3) is 10.0 Å². The number of nitrogen functional groups attached to an aromatic ring is 1. The molecule has 5 N–H and O–H groups in total. The number of carboxylic acids is 1. The van der Waals surface area contributed by atoms with E-state index in [0.29, 0.717) is 29.4 Å². The SMILES string of the molecule is N=C(N)c1cccc(CN2CC[C@H](NS(=O)(=O)c3ccc(-c4ccc(Cl)s4)s3)C2=O)c1.O=C(O)C(F)(F)F. The number of carbonyl (C=O) groups excluding carboxylic acids is 1. The van der Waals surface area contributed by atoms with Gasteiger partial charge in [0, 0.05) is 28.4 Å². The molecule has 204 valence electrons. The standard InChI is InChI=1S/C20H19ClN4O3S3.C2HF3O2/c21-17-6-4-15(29-17)16-5-7-18(30-16)31(27,28)24-14-8-9-25(20(14)26)11-12-2-1-3-13(10-12)19(22)23;3-2(4,5)1(6)7/h1-7,10,14,24H,8-9,11H2,(H3,22,23);(H,6,7)/t14-;/m0./s1. The summed E-state index contributed by atoms with van der Waals surface area (Å²) in [6, 6.07) is 13.2. The number of hydrogen-bond donors (Lipinski definition) is 4. The molecule has 1 aliphatic heterocycles. The molecule has 0 spiro atoms. The first kappa shape index (κ1) is 29.6. The molecule has 1 amide bonds. The Morgan fingerprint density at radius 3 is 2.39 bits per heavy atom. The van der Waals surface area contributed by atoms with Crippen LogP contribution in [0.2, 0.25) is 4.34 Å². The Morgan fingerprint density at radius 2 is 1.82 bits per heavy atom. The molecule has 1 aliphatic rings. The van der Waals surface area contributed by atoms with Gasteiger partial charge >= 0.3 is 12.1 Å². The van der Waals surface area contributed by atoms with Crippen LogP contribution in [-0.4, -0.2) is 54.9 Å². The first-order valence-corrected chi connectivity index (χ1v) is 14.1. The largest absolute Gasteiger partial charge is 0.490 e. The van der Waals surface area contributed by atoms with Gasteiger partial charge in [0.2, 0.25) is 5.91 Å². The van der Waals surface area contributed by atoms with E-state index in [-0.39, 0.29) is 16.0 Å². The summed E-state index contributed by atoms with van der Waals surface area (Å²) in [7, 11) is -3.82. The Balaban J connectivity index is 0.000000505. The molecule has 9 nitrogen and oxygen atoms in total. The molecule has 1 aromatic carbocycles. The predicted octanol–water partition coefficient (Wildman–Crippen LogP) is 4.13. The molecule has 1 fully saturated rings. The highest BCUT2D eigenvalue weighted by molar-refractivity contribution is 7.91. The molecular formula is C22H20ClF3N4O5S3. The Morgan fingerprint density at radius 1 is 1.18 bits per heavy atom. The van der Waals surface area contributed by atoms with Gasteiger partial charge in [-0.3, -0.25) is 10.2 Å². The van der Waals surface area contributed by atoms with Crippen LogP contribution in [-0.2, 0) is 26.2 Å². The van der Waals surface area contributed by atoms with Crippen LogP contribution in [0.3, 0.4) is 0 Å². The van der Waals surface area contributed by atoms with E-state index in [9.17, 15) is 26.4 Å². The summed E-state index contributed by atoms with van der Waals surface area (Å²) >= 11 is 8.49. The third-order valence-electron chi connectivity index (χ3n) is 5.11. The highest BCUT2D eigenvalue weighted by Crippen LogP contribution is 2.37. The van der Waals surface area contributed by atoms with Crippen LogP contribution in [0.5, 0.6) is 0 Å². The summed E-state index contributed by atoms with van der Waals surface area (Å²) < 4.78 is 60.8. The number of carbonyl (C=O) groups is 2. The third-order valence-corrected chi connectivity index (χ3v) is 9.59. The molecule has 0 radical (unpaired) electrons. The van der Waals surface area contributed by atoms with Gasteiger partial charge in [-0.05, 0) is 42.3 Å². The highest BCUT2D eigenvalue weighted by atomic mass is 35.5. The van der Waals surface area contributed by atoms with E-state index >= 15 is 0 Å². The van der Waals surface area contributed by atoms with Crippen molar-refractivity contribution in [2.24, 2.45) is 5.73 Å².